The fourth-order valence-electron chi connectivity index (χ4n) is 11.7. The topological polar surface area (TPSA) is 237 Å². The lowest BCUT2D eigenvalue weighted by atomic mass is 9.99. The number of rotatable bonds is 75. The molecule has 0 fully saturated rings. The van der Waals surface area contributed by atoms with E-state index in [0.29, 0.717) is 25.7 Å². The molecule has 0 heterocycles. The first kappa shape index (κ1) is 94.1. The lowest BCUT2D eigenvalue weighted by molar-refractivity contribution is -0.161. The second-order valence-electron chi connectivity index (χ2n) is 28.9. The van der Waals surface area contributed by atoms with Crippen molar-refractivity contribution in [1.29, 1.82) is 0 Å². The van der Waals surface area contributed by atoms with Gasteiger partial charge < -0.3 is 33.8 Å². The summed E-state index contributed by atoms with van der Waals surface area (Å²) in [5.74, 6) is 0.258. The number of carbonyl (C=O) groups is 4. The van der Waals surface area contributed by atoms with E-state index < -0.39 is 97.5 Å². The maximum absolute atomic E-state index is 13.1. The number of aliphatic hydroxyl groups excluding tert-OH is 1. The van der Waals surface area contributed by atoms with Crippen molar-refractivity contribution in [2.45, 2.75) is 414 Å². The largest absolute Gasteiger partial charge is 0.472 e. The standard InChI is InChI=1S/C77H150O17P2/c1-8-10-11-12-13-37-44-51-58-74(79)87-64-72(94-77(82)61-54-47-40-33-32-36-43-50-57-70(7)9-2)66-91-95(83,84)89-62-71(78)63-90-96(85,86)92-67-73(65-88-75(80)59-52-45-38-30-26-22-19-18-21-25-29-35-42-49-56-69(5)6)93-76(81)60-53-46-39-31-27-23-17-15-14-16-20-24-28-34-41-48-55-68(3)4/h68-73,78H,8-67H2,1-7H3,(H,83,84)(H,85,86)/t70?,71-,72+,73+/m0/s1. The Morgan fingerprint density at radius 2 is 0.531 bits per heavy atom. The molecule has 0 aliphatic carbocycles. The predicted molar refractivity (Wildman–Crippen MR) is 391 cm³/mol. The van der Waals surface area contributed by atoms with Crippen LogP contribution in [0.15, 0.2) is 0 Å². The maximum atomic E-state index is 13.1. The van der Waals surface area contributed by atoms with Gasteiger partial charge in [0, 0.05) is 25.7 Å². The van der Waals surface area contributed by atoms with Crippen LogP contribution in [0.4, 0.5) is 0 Å². The lowest BCUT2D eigenvalue weighted by Crippen LogP contribution is -2.30. The van der Waals surface area contributed by atoms with Crippen molar-refractivity contribution in [1.82, 2.24) is 0 Å². The molecule has 0 radical (unpaired) electrons. The van der Waals surface area contributed by atoms with E-state index in [1.807, 2.05) is 0 Å². The average molecular weight is 1410 g/mol. The zero-order valence-corrected chi connectivity index (χ0v) is 64.6. The number of esters is 4. The van der Waals surface area contributed by atoms with Crippen LogP contribution in [0.1, 0.15) is 395 Å². The van der Waals surface area contributed by atoms with E-state index in [2.05, 4.69) is 48.5 Å². The van der Waals surface area contributed by atoms with E-state index in [0.717, 1.165) is 114 Å². The summed E-state index contributed by atoms with van der Waals surface area (Å²) in [5.41, 5.74) is 0. The molecule has 0 aliphatic rings. The summed E-state index contributed by atoms with van der Waals surface area (Å²) in [6.45, 7) is 11.9. The van der Waals surface area contributed by atoms with E-state index in [1.54, 1.807) is 0 Å². The van der Waals surface area contributed by atoms with Gasteiger partial charge in [-0.25, -0.2) is 9.13 Å². The van der Waals surface area contributed by atoms with Gasteiger partial charge in [-0.15, -0.1) is 0 Å². The summed E-state index contributed by atoms with van der Waals surface area (Å²) in [6, 6.07) is 0. The van der Waals surface area contributed by atoms with Crippen LogP contribution in [0, 0.1) is 17.8 Å². The molecule has 0 saturated heterocycles. The van der Waals surface area contributed by atoms with Gasteiger partial charge in [-0.2, -0.15) is 0 Å². The molecule has 0 spiro atoms. The van der Waals surface area contributed by atoms with Crippen LogP contribution >= 0.6 is 15.6 Å². The van der Waals surface area contributed by atoms with Gasteiger partial charge in [-0.05, 0) is 43.4 Å². The third-order valence-corrected chi connectivity index (χ3v) is 20.1. The number of carbonyl (C=O) groups excluding carboxylic acids is 4. The van der Waals surface area contributed by atoms with Crippen LogP contribution in [0.3, 0.4) is 0 Å². The highest BCUT2D eigenvalue weighted by molar-refractivity contribution is 7.47. The Balaban J connectivity index is 5.21. The molecule has 0 aliphatic heterocycles. The molecule has 0 rings (SSSR count). The predicted octanol–water partition coefficient (Wildman–Crippen LogP) is 22.6. The van der Waals surface area contributed by atoms with E-state index in [4.69, 9.17) is 37.0 Å². The molecule has 96 heavy (non-hydrogen) atoms. The summed E-state index contributed by atoms with van der Waals surface area (Å²) < 4.78 is 68.5. The highest BCUT2D eigenvalue weighted by Crippen LogP contribution is 2.45. The van der Waals surface area contributed by atoms with Gasteiger partial charge in [0.15, 0.2) is 12.2 Å². The summed E-state index contributed by atoms with van der Waals surface area (Å²) in [7, 11) is -9.91. The second kappa shape index (κ2) is 67.5. The highest BCUT2D eigenvalue weighted by Gasteiger charge is 2.30. The number of hydrogen-bond acceptors (Lipinski definition) is 15. The quantitative estimate of drug-likeness (QED) is 0.0222. The Hall–Kier alpha value is -1.94. The first-order valence-electron chi connectivity index (χ1n) is 39.9. The molecule has 3 unspecified atom stereocenters. The monoisotopic (exact) mass is 1410 g/mol. The van der Waals surface area contributed by atoms with Gasteiger partial charge in [-0.3, -0.25) is 37.3 Å². The average Bonchev–Trinajstić information content (AvgIpc) is 1.50. The van der Waals surface area contributed by atoms with E-state index in [1.165, 1.54) is 199 Å². The molecule has 0 amide bonds. The number of unbranched alkanes of at least 4 members (excludes halogenated alkanes) is 42. The van der Waals surface area contributed by atoms with Gasteiger partial charge in [0.05, 0.1) is 26.4 Å². The normalized spacial score (nSPS) is 14.3. The highest BCUT2D eigenvalue weighted by atomic mass is 31.2. The van der Waals surface area contributed by atoms with E-state index in [9.17, 15) is 43.2 Å². The van der Waals surface area contributed by atoms with Crippen molar-refractivity contribution in [3.8, 4) is 0 Å². The SMILES string of the molecule is CCCCCCCCCCC(=O)OC[C@H](COP(=O)(O)OC[C@H](O)COP(=O)(O)OC[C@@H](COC(=O)CCCCCCCCCCCCCCCCC(C)C)OC(=O)CCCCCCCCCCCCCCCCCCC(C)C)OC(=O)CCCCCCCCCCC(C)CC. The zero-order chi connectivity index (χ0) is 70.9. The number of ether oxygens (including phenoxy) is 4. The van der Waals surface area contributed by atoms with Crippen molar-refractivity contribution in [2.75, 3.05) is 39.6 Å². The molecule has 19 heteroatoms. The van der Waals surface area contributed by atoms with Crippen molar-refractivity contribution in [3.05, 3.63) is 0 Å². The van der Waals surface area contributed by atoms with Crippen molar-refractivity contribution in [2.24, 2.45) is 17.8 Å². The Morgan fingerprint density at radius 3 is 0.792 bits per heavy atom. The minimum atomic E-state index is -4.96. The molecule has 6 atom stereocenters. The second-order valence-corrected chi connectivity index (χ2v) is 31.8. The molecular weight excluding hydrogens is 1260 g/mol. The number of hydrogen-bond donors (Lipinski definition) is 3. The van der Waals surface area contributed by atoms with Gasteiger partial charge in [-0.1, -0.05) is 344 Å². The Labute approximate surface area is 588 Å². The molecule has 0 bridgehead atoms. The van der Waals surface area contributed by atoms with Crippen molar-refractivity contribution >= 4 is 39.5 Å². The summed E-state index contributed by atoms with van der Waals surface area (Å²) in [6.07, 6.45) is 54.1. The fraction of sp³-hybridized carbons (Fsp3) is 0.948. The molecule has 570 valence electrons. The fourth-order valence-corrected chi connectivity index (χ4v) is 13.3. The summed E-state index contributed by atoms with van der Waals surface area (Å²) in [4.78, 5) is 72.8. The number of aliphatic hydroxyl groups is 1. The Morgan fingerprint density at radius 1 is 0.302 bits per heavy atom. The van der Waals surface area contributed by atoms with Crippen LogP contribution in [0.25, 0.3) is 0 Å². The molecule has 0 aromatic carbocycles. The first-order chi connectivity index (χ1) is 46.3. The Bertz CT molecular complexity index is 1870. The van der Waals surface area contributed by atoms with Crippen LogP contribution in [0.2, 0.25) is 0 Å². The van der Waals surface area contributed by atoms with Gasteiger partial charge in [0.25, 0.3) is 0 Å². The maximum Gasteiger partial charge on any atom is 0.472 e. The third kappa shape index (κ3) is 69.2. The molecule has 0 aromatic heterocycles. The van der Waals surface area contributed by atoms with Gasteiger partial charge in [0.2, 0.25) is 0 Å². The van der Waals surface area contributed by atoms with E-state index >= 15 is 0 Å². The number of phosphoric ester groups is 2. The third-order valence-electron chi connectivity index (χ3n) is 18.2. The van der Waals surface area contributed by atoms with E-state index in [-0.39, 0.29) is 25.7 Å². The van der Waals surface area contributed by atoms with Crippen LogP contribution in [-0.2, 0) is 65.4 Å². The first-order valence-corrected chi connectivity index (χ1v) is 42.9. The summed E-state index contributed by atoms with van der Waals surface area (Å²) in [5, 5.41) is 10.6. The number of phosphoric acid groups is 2. The molecule has 0 saturated carbocycles. The molecule has 0 aromatic rings. The lowest BCUT2D eigenvalue weighted by Gasteiger charge is -2.21. The van der Waals surface area contributed by atoms with Gasteiger partial charge in [0.1, 0.15) is 19.3 Å². The molecule has 17 nitrogen and oxygen atoms in total. The van der Waals surface area contributed by atoms with Crippen molar-refractivity contribution in [3.63, 3.8) is 0 Å². The molecule has 3 N–H and O–H groups in total. The Kier molecular flexibility index (Phi) is 66.2. The van der Waals surface area contributed by atoms with Crippen LogP contribution < -0.4 is 0 Å². The van der Waals surface area contributed by atoms with Crippen LogP contribution in [-0.4, -0.2) is 96.7 Å². The summed E-state index contributed by atoms with van der Waals surface area (Å²) >= 11 is 0. The smallest absolute Gasteiger partial charge is 0.462 e. The zero-order valence-electron chi connectivity index (χ0n) is 62.8. The van der Waals surface area contributed by atoms with Gasteiger partial charge >= 0.3 is 39.5 Å². The minimum Gasteiger partial charge on any atom is -0.462 e. The minimum absolute atomic E-state index is 0.105. The van der Waals surface area contributed by atoms with Crippen LogP contribution in [0.5, 0.6) is 0 Å². The molecular formula is C77H150O17P2. The van der Waals surface area contributed by atoms with Crippen molar-refractivity contribution < 1.29 is 80.2 Å².